The van der Waals surface area contributed by atoms with Crippen LogP contribution in [0.15, 0.2) is 17.2 Å². The molecule has 1 heterocycles. The van der Waals surface area contributed by atoms with E-state index >= 15 is 0 Å². The number of ether oxygens (including phenoxy) is 1. The fraction of sp³-hybridized carbons (Fsp3) is 0.647. The maximum Gasteiger partial charge on any atom is 0.407 e. The van der Waals surface area contributed by atoms with Crippen molar-refractivity contribution in [2.24, 2.45) is 0 Å². The summed E-state index contributed by atoms with van der Waals surface area (Å²) >= 11 is 8.20. The molecule has 6 heteroatoms. The average molecular weight is 357 g/mol. The lowest BCUT2D eigenvalue weighted by Gasteiger charge is -2.22. The van der Waals surface area contributed by atoms with E-state index in [4.69, 9.17) is 16.3 Å². The van der Waals surface area contributed by atoms with Gasteiger partial charge < -0.3 is 10.1 Å². The van der Waals surface area contributed by atoms with E-state index in [-0.39, 0.29) is 5.41 Å². The molecule has 0 saturated heterocycles. The normalized spacial score (nSPS) is 16.0. The summed E-state index contributed by atoms with van der Waals surface area (Å²) in [7, 11) is 0. The topological polar surface area (TPSA) is 51.2 Å². The van der Waals surface area contributed by atoms with E-state index < -0.39 is 11.7 Å². The minimum Gasteiger partial charge on any atom is -0.444 e. The van der Waals surface area contributed by atoms with Crippen LogP contribution < -0.4 is 5.32 Å². The Labute approximate surface area is 147 Å². The molecule has 1 N–H and O–H groups in total. The molecule has 0 radical (unpaired) electrons. The minimum absolute atomic E-state index is 0.137. The highest BCUT2D eigenvalue weighted by molar-refractivity contribution is 7.99. The molecule has 0 unspecified atom stereocenters. The molecule has 128 valence electrons. The minimum atomic E-state index is -0.491. The molecule has 4 nitrogen and oxygen atoms in total. The molecule has 0 aliphatic heterocycles. The molecular formula is C17H25ClN2O2S. The van der Waals surface area contributed by atoms with Crippen molar-refractivity contribution in [1.29, 1.82) is 0 Å². The second kappa shape index (κ2) is 7.31. The highest BCUT2D eigenvalue weighted by Gasteiger charge is 2.47. The molecule has 0 spiro atoms. The van der Waals surface area contributed by atoms with Crippen LogP contribution in [0.4, 0.5) is 4.79 Å². The van der Waals surface area contributed by atoms with E-state index in [2.05, 4.69) is 17.2 Å². The zero-order valence-electron chi connectivity index (χ0n) is 14.2. The molecule has 0 bridgehead atoms. The summed E-state index contributed by atoms with van der Waals surface area (Å²) in [6.07, 6.45) is 4.58. The Morgan fingerprint density at radius 2 is 2.17 bits per heavy atom. The van der Waals surface area contributed by atoms with Gasteiger partial charge in [0.05, 0.1) is 10.7 Å². The second-order valence-corrected chi connectivity index (χ2v) is 8.56. The summed E-state index contributed by atoms with van der Waals surface area (Å²) in [5.41, 5.74) is 0.257. The van der Waals surface area contributed by atoms with Gasteiger partial charge in [0.1, 0.15) is 5.60 Å². The number of carbonyl (C=O) groups excluding carboxylic acids is 1. The average Bonchev–Trinajstić information content (AvgIpc) is 3.22. The number of hydrogen-bond acceptors (Lipinski definition) is 4. The summed E-state index contributed by atoms with van der Waals surface area (Å²) in [5.74, 6) is 1.06. The van der Waals surface area contributed by atoms with E-state index in [0.29, 0.717) is 11.6 Å². The van der Waals surface area contributed by atoms with Gasteiger partial charge in [-0.3, -0.25) is 4.98 Å². The van der Waals surface area contributed by atoms with Gasteiger partial charge in [-0.05, 0) is 51.9 Å². The van der Waals surface area contributed by atoms with Crippen LogP contribution in [0.3, 0.4) is 0 Å². The van der Waals surface area contributed by atoms with E-state index in [0.717, 1.165) is 35.6 Å². The van der Waals surface area contributed by atoms with Gasteiger partial charge >= 0.3 is 6.09 Å². The third-order valence-corrected chi connectivity index (χ3v) is 5.07. The van der Waals surface area contributed by atoms with Crippen molar-refractivity contribution in [3.8, 4) is 0 Å². The Kier molecular flexibility index (Phi) is 5.84. The molecule has 1 aliphatic carbocycles. The Morgan fingerprint density at radius 1 is 1.48 bits per heavy atom. The van der Waals surface area contributed by atoms with Crippen molar-refractivity contribution in [2.75, 3.05) is 12.3 Å². The van der Waals surface area contributed by atoms with E-state index in [1.54, 1.807) is 11.8 Å². The van der Waals surface area contributed by atoms with Crippen LogP contribution >= 0.6 is 23.4 Å². The van der Waals surface area contributed by atoms with Gasteiger partial charge in [0, 0.05) is 23.1 Å². The second-order valence-electron chi connectivity index (χ2n) is 6.99. The first-order chi connectivity index (χ1) is 10.8. The first kappa shape index (κ1) is 18.4. The van der Waals surface area contributed by atoms with Crippen LogP contribution in [-0.2, 0) is 10.2 Å². The molecular weight excluding hydrogens is 332 g/mol. The SMILES string of the molecule is CCCSc1cnc(C2(CNC(=O)OC(C)(C)C)CC2)c(Cl)c1. The zero-order chi connectivity index (χ0) is 17.1. The molecule has 1 aromatic rings. The summed E-state index contributed by atoms with van der Waals surface area (Å²) in [4.78, 5) is 17.5. The molecule has 1 saturated carbocycles. The van der Waals surface area contributed by atoms with Crippen LogP contribution in [0.25, 0.3) is 0 Å². The smallest absolute Gasteiger partial charge is 0.407 e. The van der Waals surface area contributed by atoms with Crippen LogP contribution in [0, 0.1) is 0 Å². The van der Waals surface area contributed by atoms with Crippen molar-refractivity contribution in [3.05, 3.63) is 23.0 Å². The highest BCUT2D eigenvalue weighted by atomic mass is 35.5. The van der Waals surface area contributed by atoms with Gasteiger partial charge in [-0.1, -0.05) is 18.5 Å². The van der Waals surface area contributed by atoms with E-state index in [9.17, 15) is 4.79 Å². The Hall–Kier alpha value is -0.940. The van der Waals surface area contributed by atoms with Crippen LogP contribution in [0.2, 0.25) is 5.02 Å². The van der Waals surface area contributed by atoms with Gasteiger partial charge in [0.15, 0.2) is 0 Å². The quantitative estimate of drug-likeness (QED) is 0.744. The Bertz CT molecular complexity index is 568. The number of aromatic nitrogens is 1. The Morgan fingerprint density at radius 3 is 2.70 bits per heavy atom. The number of pyridine rings is 1. The fourth-order valence-corrected chi connectivity index (χ4v) is 3.51. The van der Waals surface area contributed by atoms with Gasteiger partial charge in [-0.2, -0.15) is 0 Å². The van der Waals surface area contributed by atoms with Gasteiger partial charge in [0.25, 0.3) is 0 Å². The largest absolute Gasteiger partial charge is 0.444 e. The molecule has 2 rings (SSSR count). The van der Waals surface area contributed by atoms with Crippen LogP contribution in [-0.4, -0.2) is 29.0 Å². The Balaban J connectivity index is 1.99. The molecule has 1 aliphatic rings. The van der Waals surface area contributed by atoms with Crippen molar-refractivity contribution >= 4 is 29.5 Å². The van der Waals surface area contributed by atoms with Gasteiger partial charge in [-0.25, -0.2) is 4.79 Å². The number of alkyl carbamates (subject to hydrolysis) is 1. The highest BCUT2D eigenvalue weighted by Crippen LogP contribution is 2.49. The summed E-state index contributed by atoms with van der Waals surface area (Å²) in [5, 5.41) is 3.54. The lowest BCUT2D eigenvalue weighted by molar-refractivity contribution is 0.0522. The third-order valence-electron chi connectivity index (χ3n) is 3.61. The first-order valence-corrected chi connectivity index (χ1v) is 9.38. The maximum absolute atomic E-state index is 11.8. The predicted octanol–water partition coefficient (Wildman–Crippen LogP) is 4.79. The fourth-order valence-electron chi connectivity index (χ4n) is 2.31. The lowest BCUT2D eigenvalue weighted by atomic mass is 10.0. The number of nitrogens with one attached hydrogen (secondary N) is 1. The monoisotopic (exact) mass is 356 g/mol. The molecule has 0 atom stereocenters. The molecule has 1 amide bonds. The molecule has 1 aromatic heterocycles. The van der Waals surface area contributed by atoms with Crippen molar-refractivity contribution < 1.29 is 9.53 Å². The summed E-state index contributed by atoms with van der Waals surface area (Å²) < 4.78 is 5.28. The van der Waals surface area contributed by atoms with Crippen LogP contribution in [0.5, 0.6) is 0 Å². The third kappa shape index (κ3) is 5.28. The van der Waals surface area contributed by atoms with Crippen LogP contribution in [0.1, 0.15) is 52.7 Å². The number of thioether (sulfide) groups is 1. The summed E-state index contributed by atoms with van der Waals surface area (Å²) in [6, 6.07) is 1.98. The number of rotatable bonds is 6. The van der Waals surface area contributed by atoms with Crippen molar-refractivity contribution in [2.45, 2.75) is 62.9 Å². The summed E-state index contributed by atoms with van der Waals surface area (Å²) in [6.45, 7) is 8.22. The predicted molar refractivity (Wildman–Crippen MR) is 95.4 cm³/mol. The zero-order valence-corrected chi connectivity index (χ0v) is 15.8. The molecule has 0 aromatic carbocycles. The van der Waals surface area contributed by atoms with Crippen molar-refractivity contribution in [1.82, 2.24) is 10.3 Å². The number of halogens is 1. The number of carbonyl (C=O) groups is 1. The maximum atomic E-state index is 11.8. The molecule has 23 heavy (non-hydrogen) atoms. The first-order valence-electron chi connectivity index (χ1n) is 8.01. The number of hydrogen-bond donors (Lipinski definition) is 1. The van der Waals surface area contributed by atoms with Crippen molar-refractivity contribution in [3.63, 3.8) is 0 Å². The van der Waals surface area contributed by atoms with Gasteiger partial charge in [0.2, 0.25) is 0 Å². The number of nitrogens with zero attached hydrogens (tertiary/aromatic N) is 1. The van der Waals surface area contributed by atoms with E-state index in [1.807, 2.05) is 33.0 Å². The van der Waals surface area contributed by atoms with Gasteiger partial charge in [-0.15, -0.1) is 11.8 Å². The lowest BCUT2D eigenvalue weighted by Crippen LogP contribution is -2.37. The van der Waals surface area contributed by atoms with E-state index in [1.165, 1.54) is 0 Å². The number of amides is 1. The molecule has 1 fully saturated rings. The standard InChI is InChI=1S/C17H25ClN2O2S/c1-5-8-23-12-9-13(18)14(19-10-12)17(6-7-17)11-20-15(21)22-16(2,3)4/h9-10H,5-8,11H2,1-4H3,(H,20,21).